The lowest BCUT2D eigenvalue weighted by molar-refractivity contribution is 0.101. The molecule has 1 amide bonds. The van der Waals surface area contributed by atoms with Gasteiger partial charge in [-0.25, -0.2) is 9.67 Å². The molecule has 0 aliphatic carbocycles. The molecule has 3 aromatic carbocycles. The first-order chi connectivity index (χ1) is 14.8. The Morgan fingerprint density at radius 3 is 2.29 bits per heavy atom. The normalized spacial score (nSPS) is 10.9. The van der Waals surface area contributed by atoms with Crippen LogP contribution in [0.1, 0.15) is 32.9 Å². The average Bonchev–Trinajstić information content (AvgIpc) is 3.19. The lowest BCUT2D eigenvalue weighted by Gasteiger charge is -2.08. The molecule has 0 aliphatic rings. The number of benzene rings is 3. The topological polar surface area (TPSA) is 59.8 Å². The third-order valence-corrected chi connectivity index (χ3v) is 5.82. The van der Waals surface area contributed by atoms with Gasteiger partial charge in [-0.05, 0) is 80.3 Å². The molecular weight excluding hydrogens is 452 g/mol. The van der Waals surface area contributed by atoms with E-state index in [0.717, 1.165) is 38.1 Å². The molecule has 1 aromatic heterocycles. The van der Waals surface area contributed by atoms with E-state index in [4.69, 9.17) is 0 Å². The van der Waals surface area contributed by atoms with Gasteiger partial charge < -0.3 is 5.32 Å². The van der Waals surface area contributed by atoms with Crippen LogP contribution in [0.25, 0.3) is 17.1 Å². The highest BCUT2D eigenvalue weighted by Crippen LogP contribution is 2.25. The van der Waals surface area contributed by atoms with Crippen LogP contribution in [0.3, 0.4) is 0 Å². The molecule has 4 aromatic rings. The summed E-state index contributed by atoms with van der Waals surface area (Å²) in [7, 11) is 0. The quantitative estimate of drug-likeness (QED) is 0.383. The van der Waals surface area contributed by atoms with E-state index < -0.39 is 0 Å². The number of carbonyl (C=O) groups excluding carboxylic acids is 1. The molecule has 156 valence electrons. The van der Waals surface area contributed by atoms with Crippen molar-refractivity contribution in [2.75, 3.05) is 5.32 Å². The van der Waals surface area contributed by atoms with Crippen molar-refractivity contribution in [3.8, 4) is 17.1 Å². The molecule has 0 radical (unpaired) electrons. The lowest BCUT2D eigenvalue weighted by atomic mass is 10.1. The van der Waals surface area contributed by atoms with Crippen molar-refractivity contribution in [1.29, 1.82) is 0 Å². The summed E-state index contributed by atoms with van der Waals surface area (Å²) >= 11 is 3.47. The molecule has 0 saturated carbocycles. The largest absolute Gasteiger partial charge is 0.319 e. The molecule has 0 aliphatic heterocycles. The van der Waals surface area contributed by atoms with E-state index in [2.05, 4.69) is 51.2 Å². The maximum Gasteiger partial charge on any atom is 0.295 e. The minimum Gasteiger partial charge on any atom is -0.319 e. The first-order valence-electron chi connectivity index (χ1n) is 10.0. The van der Waals surface area contributed by atoms with Crippen LogP contribution in [0.5, 0.6) is 0 Å². The van der Waals surface area contributed by atoms with Gasteiger partial charge in [-0.3, -0.25) is 4.79 Å². The van der Waals surface area contributed by atoms with Gasteiger partial charge in [-0.2, -0.15) is 0 Å². The Morgan fingerprint density at radius 1 is 0.871 bits per heavy atom. The van der Waals surface area contributed by atoms with Crippen LogP contribution in [0.2, 0.25) is 0 Å². The number of nitrogens with one attached hydrogen (secondary N) is 1. The standard InChI is InChI=1S/C25H23BrN4O/c1-15-5-6-17(3)22(13-15)27-25(31)23-28-24(19-8-10-20(26)11-9-19)30(29-23)21-12-7-16(2)18(4)14-21/h5-14H,1-4H3,(H,27,31). The number of nitrogens with zero attached hydrogens (tertiary/aromatic N) is 3. The van der Waals surface area contributed by atoms with Crippen molar-refractivity contribution in [2.24, 2.45) is 0 Å². The van der Waals surface area contributed by atoms with Gasteiger partial charge in [-0.15, -0.1) is 5.10 Å². The van der Waals surface area contributed by atoms with Gasteiger partial charge in [0, 0.05) is 15.7 Å². The summed E-state index contributed by atoms with van der Waals surface area (Å²) in [6.45, 7) is 8.08. The van der Waals surface area contributed by atoms with Gasteiger partial charge in [0.1, 0.15) is 0 Å². The summed E-state index contributed by atoms with van der Waals surface area (Å²) < 4.78 is 2.70. The Morgan fingerprint density at radius 2 is 1.58 bits per heavy atom. The highest BCUT2D eigenvalue weighted by Gasteiger charge is 2.20. The summed E-state index contributed by atoms with van der Waals surface area (Å²) in [5.74, 6) is 0.397. The maximum atomic E-state index is 13.0. The molecule has 4 rings (SSSR count). The number of aryl methyl sites for hydroxylation is 4. The molecule has 31 heavy (non-hydrogen) atoms. The molecular formula is C25H23BrN4O. The fourth-order valence-corrected chi connectivity index (χ4v) is 3.54. The van der Waals surface area contributed by atoms with E-state index in [-0.39, 0.29) is 11.7 Å². The van der Waals surface area contributed by atoms with E-state index in [1.165, 1.54) is 5.56 Å². The second kappa shape index (κ2) is 8.47. The van der Waals surface area contributed by atoms with Crippen LogP contribution in [-0.2, 0) is 0 Å². The minimum absolute atomic E-state index is 0.122. The molecule has 0 spiro atoms. The predicted octanol–water partition coefficient (Wildman–Crippen LogP) is 6.18. The fourth-order valence-electron chi connectivity index (χ4n) is 3.28. The van der Waals surface area contributed by atoms with Crippen LogP contribution in [0.4, 0.5) is 5.69 Å². The summed E-state index contributed by atoms with van der Waals surface area (Å²) in [5, 5.41) is 7.54. The van der Waals surface area contributed by atoms with E-state index in [0.29, 0.717) is 5.82 Å². The third-order valence-electron chi connectivity index (χ3n) is 5.29. The molecule has 1 heterocycles. The summed E-state index contributed by atoms with van der Waals surface area (Å²) in [6.07, 6.45) is 0. The van der Waals surface area contributed by atoms with E-state index in [1.807, 2.05) is 68.4 Å². The van der Waals surface area contributed by atoms with Crippen LogP contribution in [0, 0.1) is 27.7 Å². The third kappa shape index (κ3) is 4.44. The highest BCUT2D eigenvalue weighted by molar-refractivity contribution is 9.10. The number of hydrogen-bond donors (Lipinski definition) is 1. The zero-order chi connectivity index (χ0) is 22.1. The van der Waals surface area contributed by atoms with Crippen molar-refractivity contribution in [3.63, 3.8) is 0 Å². The van der Waals surface area contributed by atoms with Gasteiger partial charge in [0.25, 0.3) is 5.91 Å². The van der Waals surface area contributed by atoms with Gasteiger partial charge in [0.2, 0.25) is 5.82 Å². The monoisotopic (exact) mass is 474 g/mol. The molecule has 6 heteroatoms. The molecule has 5 nitrogen and oxygen atoms in total. The van der Waals surface area contributed by atoms with Crippen molar-refractivity contribution in [1.82, 2.24) is 14.8 Å². The number of halogens is 1. The Labute approximate surface area is 190 Å². The molecule has 0 atom stereocenters. The van der Waals surface area contributed by atoms with Gasteiger partial charge in [-0.1, -0.05) is 46.3 Å². The van der Waals surface area contributed by atoms with Crippen LogP contribution < -0.4 is 5.32 Å². The highest BCUT2D eigenvalue weighted by atomic mass is 79.9. The average molecular weight is 475 g/mol. The second-order valence-electron chi connectivity index (χ2n) is 7.72. The van der Waals surface area contributed by atoms with Crippen molar-refractivity contribution < 1.29 is 4.79 Å². The second-order valence-corrected chi connectivity index (χ2v) is 8.63. The molecule has 0 saturated heterocycles. The van der Waals surface area contributed by atoms with Crippen LogP contribution >= 0.6 is 15.9 Å². The first-order valence-corrected chi connectivity index (χ1v) is 10.8. The van der Waals surface area contributed by atoms with Gasteiger partial charge >= 0.3 is 0 Å². The number of hydrogen-bond acceptors (Lipinski definition) is 3. The Kier molecular flexibility index (Phi) is 5.74. The van der Waals surface area contributed by atoms with Gasteiger partial charge in [0.15, 0.2) is 5.82 Å². The first kappa shape index (κ1) is 21.0. The molecule has 0 fully saturated rings. The molecule has 0 unspecified atom stereocenters. The minimum atomic E-state index is -0.338. The van der Waals surface area contributed by atoms with Crippen LogP contribution in [0.15, 0.2) is 65.1 Å². The van der Waals surface area contributed by atoms with Crippen LogP contribution in [-0.4, -0.2) is 20.7 Å². The fraction of sp³-hybridized carbons (Fsp3) is 0.160. The lowest BCUT2D eigenvalue weighted by Crippen LogP contribution is -2.15. The van der Waals surface area contributed by atoms with E-state index in [1.54, 1.807) is 4.68 Å². The smallest absolute Gasteiger partial charge is 0.295 e. The number of anilines is 1. The molecule has 1 N–H and O–H groups in total. The Balaban J connectivity index is 1.78. The SMILES string of the molecule is Cc1ccc(C)c(NC(=O)c2nc(-c3ccc(Br)cc3)n(-c3ccc(C)c(C)c3)n2)c1. The zero-order valence-electron chi connectivity index (χ0n) is 17.9. The number of carbonyl (C=O) groups is 1. The van der Waals surface area contributed by atoms with Crippen molar-refractivity contribution in [2.45, 2.75) is 27.7 Å². The van der Waals surface area contributed by atoms with E-state index >= 15 is 0 Å². The number of aromatic nitrogens is 3. The summed E-state index contributed by atoms with van der Waals surface area (Å²) in [5.41, 5.74) is 6.90. The Bertz CT molecular complexity index is 1280. The summed E-state index contributed by atoms with van der Waals surface area (Å²) in [6, 6.07) is 19.9. The Hall–Kier alpha value is -3.25. The maximum absolute atomic E-state index is 13.0. The zero-order valence-corrected chi connectivity index (χ0v) is 19.5. The van der Waals surface area contributed by atoms with Crippen molar-refractivity contribution in [3.05, 3.63) is 93.2 Å². The number of amides is 1. The molecule has 0 bridgehead atoms. The predicted molar refractivity (Wildman–Crippen MR) is 128 cm³/mol. The van der Waals surface area contributed by atoms with Crippen molar-refractivity contribution >= 4 is 27.5 Å². The summed E-state index contributed by atoms with van der Waals surface area (Å²) in [4.78, 5) is 17.6. The number of rotatable bonds is 4. The van der Waals surface area contributed by atoms with E-state index in [9.17, 15) is 4.79 Å². The van der Waals surface area contributed by atoms with Gasteiger partial charge in [0.05, 0.1) is 5.69 Å².